The van der Waals surface area contributed by atoms with Gasteiger partial charge in [-0.15, -0.1) is 0 Å². The van der Waals surface area contributed by atoms with Crippen molar-refractivity contribution in [3.63, 3.8) is 0 Å². The first kappa shape index (κ1) is 33.5. The van der Waals surface area contributed by atoms with Crippen molar-refractivity contribution in [1.29, 1.82) is 0 Å². The summed E-state index contributed by atoms with van der Waals surface area (Å²) in [7, 11) is 0. The lowest BCUT2D eigenvalue weighted by Gasteiger charge is -2.50. The first-order valence-corrected chi connectivity index (χ1v) is 14.3. The number of hydrogen-bond acceptors (Lipinski definition) is 4. The highest BCUT2D eigenvalue weighted by atomic mass is 16.3. The van der Waals surface area contributed by atoms with Crippen LogP contribution in [0.15, 0.2) is 24.3 Å². The fourth-order valence-electron chi connectivity index (χ4n) is 5.73. The van der Waals surface area contributed by atoms with Crippen molar-refractivity contribution in [2.45, 2.75) is 124 Å². The zero-order chi connectivity index (χ0) is 30.6. The van der Waals surface area contributed by atoms with E-state index >= 15 is 0 Å². The first-order valence-electron chi connectivity index (χ1n) is 14.3. The minimum absolute atomic E-state index is 0.121. The van der Waals surface area contributed by atoms with Gasteiger partial charge in [0, 0.05) is 0 Å². The van der Waals surface area contributed by atoms with Gasteiger partial charge in [0.2, 0.25) is 0 Å². The topological polar surface area (TPSA) is 80.9 Å². The minimum Gasteiger partial charge on any atom is -0.395 e. The molecule has 2 aromatic rings. The summed E-state index contributed by atoms with van der Waals surface area (Å²) in [6.45, 7) is 28.0. The van der Waals surface area contributed by atoms with Gasteiger partial charge in [0.1, 0.15) is 5.60 Å². The van der Waals surface area contributed by atoms with Crippen LogP contribution >= 0.6 is 0 Å². The highest BCUT2D eigenvalue weighted by Crippen LogP contribution is 2.53. The molecule has 39 heavy (non-hydrogen) atoms. The Balaban J connectivity index is 3.37. The molecule has 0 aliphatic carbocycles. The van der Waals surface area contributed by atoms with Gasteiger partial charge < -0.3 is 20.4 Å². The number of aryl methyl sites for hydroxylation is 2. The summed E-state index contributed by atoms with van der Waals surface area (Å²) in [4.78, 5) is 0. The third-order valence-electron chi connectivity index (χ3n) is 8.42. The largest absolute Gasteiger partial charge is 0.395 e. The van der Waals surface area contributed by atoms with E-state index in [1.54, 1.807) is 0 Å². The summed E-state index contributed by atoms with van der Waals surface area (Å²) in [6, 6.07) is 8.56. The van der Waals surface area contributed by atoms with E-state index in [9.17, 15) is 20.4 Å². The Morgan fingerprint density at radius 2 is 0.769 bits per heavy atom. The maximum Gasteiger partial charge on any atom is 0.128 e. The van der Waals surface area contributed by atoms with E-state index in [0.29, 0.717) is 11.1 Å². The molecule has 0 spiro atoms. The molecule has 4 nitrogen and oxygen atoms in total. The predicted molar refractivity (Wildman–Crippen MR) is 164 cm³/mol. The van der Waals surface area contributed by atoms with Crippen LogP contribution in [-0.2, 0) is 27.3 Å². The van der Waals surface area contributed by atoms with E-state index in [1.807, 2.05) is 13.8 Å². The molecule has 0 aliphatic heterocycles. The number of benzene rings is 2. The molecule has 0 amide bonds. The molecule has 0 bridgehead atoms. The van der Waals surface area contributed by atoms with Crippen LogP contribution in [-0.4, -0.2) is 40.2 Å². The van der Waals surface area contributed by atoms with E-state index in [0.717, 1.165) is 33.4 Å². The second kappa shape index (κ2) is 10.6. The lowest BCUT2D eigenvalue weighted by atomic mass is 9.58. The Morgan fingerprint density at radius 3 is 0.974 bits per heavy atom. The third-order valence-corrected chi connectivity index (χ3v) is 8.42. The molecule has 0 atom stereocenters. The van der Waals surface area contributed by atoms with Crippen molar-refractivity contribution in [3.8, 4) is 0 Å². The number of rotatable bonds is 6. The molecule has 4 N–H and O–H groups in total. The summed E-state index contributed by atoms with van der Waals surface area (Å²) in [5, 5.41) is 46.1. The predicted octanol–water partition coefficient (Wildman–Crippen LogP) is 6.69. The van der Waals surface area contributed by atoms with Crippen LogP contribution in [0.3, 0.4) is 0 Å². The van der Waals surface area contributed by atoms with Crippen LogP contribution in [0.25, 0.3) is 0 Å². The van der Waals surface area contributed by atoms with Gasteiger partial charge in [0.15, 0.2) is 0 Å². The summed E-state index contributed by atoms with van der Waals surface area (Å²) < 4.78 is 0. The smallest absolute Gasteiger partial charge is 0.128 e. The van der Waals surface area contributed by atoms with Crippen molar-refractivity contribution >= 4 is 0 Å². The highest BCUT2D eigenvalue weighted by Gasteiger charge is 2.56. The lowest BCUT2D eigenvalue weighted by Crippen LogP contribution is -2.56. The molecular weight excluding hydrogens is 484 g/mol. The van der Waals surface area contributed by atoms with Crippen LogP contribution in [0, 0.1) is 19.3 Å². The van der Waals surface area contributed by atoms with E-state index in [-0.39, 0.29) is 21.7 Å². The highest BCUT2D eigenvalue weighted by molar-refractivity contribution is 5.58. The van der Waals surface area contributed by atoms with E-state index < -0.39 is 30.8 Å². The zero-order valence-corrected chi connectivity index (χ0v) is 27.2. The SMILES string of the molecule is Cc1cc(C(C)(C)C)cc(C(C)(C)C)c1C(O)(c1c(C)cc(C(C)(C)C)cc1C(C)(C)C)C(CO)(CO)CO. The minimum atomic E-state index is -1.89. The first-order chi connectivity index (χ1) is 17.4. The standard InChI is InChI=1S/C35H56O4/c1-22-15-24(30(3,4)5)17-26(32(9,10)11)28(22)35(39,34(19-36,20-37)21-38)29-23(2)16-25(31(6,7)8)18-27(29)33(12,13)14/h15-18,36-39H,19-21H2,1-14H3. The second-order valence-electron chi connectivity index (χ2n) is 15.9. The molecule has 2 rings (SSSR count). The van der Waals surface area contributed by atoms with E-state index in [4.69, 9.17) is 0 Å². The summed E-state index contributed by atoms with van der Waals surface area (Å²) in [5.74, 6) is 0. The molecule has 0 saturated carbocycles. The molecule has 220 valence electrons. The molecule has 0 aromatic heterocycles. The maximum absolute atomic E-state index is 13.4. The van der Waals surface area contributed by atoms with Crippen LogP contribution < -0.4 is 0 Å². The average molecular weight is 541 g/mol. The molecule has 0 heterocycles. The van der Waals surface area contributed by atoms with Gasteiger partial charge in [-0.1, -0.05) is 107 Å². The number of aliphatic hydroxyl groups is 4. The van der Waals surface area contributed by atoms with Crippen LogP contribution in [0.1, 0.15) is 128 Å². The lowest BCUT2D eigenvalue weighted by molar-refractivity contribution is -0.137. The van der Waals surface area contributed by atoms with E-state index in [1.165, 1.54) is 0 Å². The Kier molecular flexibility index (Phi) is 9.10. The van der Waals surface area contributed by atoms with Crippen molar-refractivity contribution in [2.75, 3.05) is 19.8 Å². The van der Waals surface area contributed by atoms with Gasteiger partial charge in [0.05, 0.1) is 25.2 Å². The fourth-order valence-corrected chi connectivity index (χ4v) is 5.73. The van der Waals surface area contributed by atoms with Crippen LogP contribution in [0.2, 0.25) is 0 Å². The molecular formula is C35H56O4. The van der Waals surface area contributed by atoms with Gasteiger partial charge in [-0.2, -0.15) is 0 Å². The summed E-state index contributed by atoms with van der Waals surface area (Å²) in [5.41, 5.74) is 2.69. The molecule has 2 aromatic carbocycles. The van der Waals surface area contributed by atoms with Crippen molar-refractivity contribution in [1.82, 2.24) is 0 Å². The average Bonchev–Trinajstić information content (AvgIpc) is 2.76. The van der Waals surface area contributed by atoms with Crippen LogP contribution in [0.5, 0.6) is 0 Å². The van der Waals surface area contributed by atoms with Gasteiger partial charge in [-0.05, 0) is 80.0 Å². The normalized spacial score (nSPS) is 14.2. The monoisotopic (exact) mass is 540 g/mol. The number of aliphatic hydroxyl groups excluding tert-OH is 3. The maximum atomic E-state index is 13.4. The molecule has 4 heteroatoms. The Hall–Kier alpha value is -1.72. The van der Waals surface area contributed by atoms with Gasteiger partial charge in [-0.3, -0.25) is 0 Å². The Labute approximate surface area is 238 Å². The molecule has 0 fully saturated rings. The van der Waals surface area contributed by atoms with Gasteiger partial charge >= 0.3 is 0 Å². The molecule has 0 saturated heterocycles. The molecule has 0 radical (unpaired) electrons. The zero-order valence-electron chi connectivity index (χ0n) is 27.2. The fraction of sp³-hybridized carbons (Fsp3) is 0.657. The Bertz CT molecular complexity index is 1080. The summed E-state index contributed by atoms with van der Waals surface area (Å²) >= 11 is 0. The molecule has 0 unspecified atom stereocenters. The van der Waals surface area contributed by atoms with Crippen molar-refractivity contribution < 1.29 is 20.4 Å². The van der Waals surface area contributed by atoms with Crippen molar-refractivity contribution in [3.05, 3.63) is 68.8 Å². The van der Waals surface area contributed by atoms with Gasteiger partial charge in [-0.25, -0.2) is 0 Å². The van der Waals surface area contributed by atoms with Crippen LogP contribution in [0.4, 0.5) is 0 Å². The quantitative estimate of drug-likeness (QED) is 0.329. The number of hydrogen-bond donors (Lipinski definition) is 4. The third kappa shape index (κ3) is 6.00. The second-order valence-corrected chi connectivity index (χ2v) is 15.9. The van der Waals surface area contributed by atoms with E-state index in [2.05, 4.69) is 107 Å². The molecule has 0 aliphatic rings. The van der Waals surface area contributed by atoms with Gasteiger partial charge in [0.25, 0.3) is 0 Å². The van der Waals surface area contributed by atoms with Crippen molar-refractivity contribution in [2.24, 2.45) is 5.41 Å². The summed E-state index contributed by atoms with van der Waals surface area (Å²) in [6.07, 6.45) is 0. The Morgan fingerprint density at radius 1 is 0.487 bits per heavy atom.